The number of benzene rings is 1. The largest absolute Gasteiger partial charge is 0.497 e. The first-order valence-corrected chi connectivity index (χ1v) is 7.08. The molecule has 0 unspecified atom stereocenters. The van der Waals surface area contributed by atoms with Gasteiger partial charge in [-0.3, -0.25) is 9.48 Å². The molecule has 1 heterocycles. The molecule has 22 heavy (non-hydrogen) atoms. The summed E-state index contributed by atoms with van der Waals surface area (Å²) in [7, 11) is 3.43. The number of methoxy groups -OCH3 is 1. The number of amides is 1. The summed E-state index contributed by atoms with van der Waals surface area (Å²) in [5, 5.41) is 7.08. The molecular weight excluding hydrogens is 282 g/mol. The van der Waals surface area contributed by atoms with Gasteiger partial charge in [0.1, 0.15) is 18.1 Å². The second-order valence-electron chi connectivity index (χ2n) is 4.95. The van der Waals surface area contributed by atoms with Crippen LogP contribution >= 0.6 is 0 Å². The van der Waals surface area contributed by atoms with Crippen molar-refractivity contribution >= 4 is 5.91 Å². The van der Waals surface area contributed by atoms with Gasteiger partial charge in [-0.05, 0) is 26.0 Å². The van der Waals surface area contributed by atoms with Crippen molar-refractivity contribution < 1.29 is 14.3 Å². The molecule has 0 radical (unpaired) electrons. The SMILES string of the molecule is COc1cccc(OCCNC(=O)c2c(C)nn(C)c2C)c1. The number of nitrogens with one attached hydrogen (secondary N) is 1. The summed E-state index contributed by atoms with van der Waals surface area (Å²) in [6, 6.07) is 7.36. The van der Waals surface area contributed by atoms with Gasteiger partial charge in [-0.2, -0.15) is 5.10 Å². The third kappa shape index (κ3) is 3.58. The van der Waals surface area contributed by atoms with Gasteiger partial charge in [0.15, 0.2) is 0 Å². The van der Waals surface area contributed by atoms with Crippen LogP contribution in [0.3, 0.4) is 0 Å². The number of nitrogens with zero attached hydrogens (tertiary/aromatic N) is 2. The molecule has 0 spiro atoms. The number of aryl methyl sites for hydroxylation is 2. The molecule has 0 atom stereocenters. The van der Waals surface area contributed by atoms with Gasteiger partial charge in [-0.15, -0.1) is 0 Å². The first-order chi connectivity index (χ1) is 10.5. The van der Waals surface area contributed by atoms with Crippen LogP contribution in [0.4, 0.5) is 0 Å². The van der Waals surface area contributed by atoms with Gasteiger partial charge in [0.25, 0.3) is 5.91 Å². The van der Waals surface area contributed by atoms with Crippen molar-refractivity contribution in [3.8, 4) is 11.5 Å². The lowest BCUT2D eigenvalue weighted by Gasteiger charge is -2.09. The van der Waals surface area contributed by atoms with E-state index in [4.69, 9.17) is 9.47 Å². The summed E-state index contributed by atoms with van der Waals surface area (Å²) in [5.74, 6) is 1.32. The highest BCUT2D eigenvalue weighted by atomic mass is 16.5. The quantitative estimate of drug-likeness (QED) is 0.827. The summed E-state index contributed by atoms with van der Waals surface area (Å²) in [6.07, 6.45) is 0. The molecule has 0 saturated heterocycles. The number of carbonyl (C=O) groups excluding carboxylic acids is 1. The van der Waals surface area contributed by atoms with Crippen molar-refractivity contribution in [2.24, 2.45) is 7.05 Å². The minimum Gasteiger partial charge on any atom is -0.497 e. The Kier molecular flexibility index (Phi) is 5.04. The summed E-state index contributed by atoms with van der Waals surface area (Å²) in [6.45, 7) is 4.51. The van der Waals surface area contributed by atoms with E-state index in [0.29, 0.717) is 24.5 Å². The highest BCUT2D eigenvalue weighted by molar-refractivity contribution is 5.96. The minimum atomic E-state index is -0.127. The molecule has 0 aliphatic heterocycles. The molecule has 0 saturated carbocycles. The Morgan fingerprint density at radius 1 is 1.32 bits per heavy atom. The Labute approximate surface area is 130 Å². The summed E-state index contributed by atoms with van der Waals surface area (Å²) in [5.41, 5.74) is 2.21. The van der Waals surface area contributed by atoms with E-state index < -0.39 is 0 Å². The molecule has 1 aromatic carbocycles. The van der Waals surface area contributed by atoms with Crippen LogP contribution in [0.15, 0.2) is 24.3 Å². The van der Waals surface area contributed by atoms with Crippen LogP contribution < -0.4 is 14.8 Å². The standard InChI is InChI=1S/C16H21N3O3/c1-11-15(12(2)19(3)18-11)16(20)17-8-9-22-14-7-5-6-13(10-14)21-4/h5-7,10H,8-9H2,1-4H3,(H,17,20). The zero-order valence-electron chi connectivity index (χ0n) is 13.3. The molecule has 6 heteroatoms. The van der Waals surface area contributed by atoms with Crippen LogP contribution in [-0.4, -0.2) is 35.9 Å². The lowest BCUT2D eigenvalue weighted by atomic mass is 10.2. The van der Waals surface area contributed by atoms with E-state index in [0.717, 1.165) is 17.1 Å². The fourth-order valence-corrected chi connectivity index (χ4v) is 2.22. The summed E-state index contributed by atoms with van der Waals surface area (Å²) in [4.78, 5) is 12.2. The first-order valence-electron chi connectivity index (χ1n) is 7.08. The van der Waals surface area contributed by atoms with E-state index in [1.807, 2.05) is 39.1 Å². The first kappa shape index (κ1) is 15.9. The molecule has 0 bridgehead atoms. The van der Waals surface area contributed by atoms with Crippen LogP contribution in [0, 0.1) is 13.8 Å². The number of hydrogen-bond donors (Lipinski definition) is 1. The number of hydrogen-bond acceptors (Lipinski definition) is 4. The van der Waals surface area contributed by atoms with Gasteiger partial charge in [0.2, 0.25) is 0 Å². The minimum absolute atomic E-state index is 0.127. The topological polar surface area (TPSA) is 65.4 Å². The molecule has 1 N–H and O–H groups in total. The van der Waals surface area contributed by atoms with Gasteiger partial charge in [-0.1, -0.05) is 6.07 Å². The fourth-order valence-electron chi connectivity index (χ4n) is 2.22. The monoisotopic (exact) mass is 303 g/mol. The molecule has 118 valence electrons. The third-order valence-electron chi connectivity index (χ3n) is 3.43. The molecule has 2 rings (SSSR count). The Bertz CT molecular complexity index is 665. The summed E-state index contributed by atoms with van der Waals surface area (Å²) >= 11 is 0. The van der Waals surface area contributed by atoms with E-state index in [-0.39, 0.29) is 5.91 Å². The lowest BCUT2D eigenvalue weighted by molar-refractivity contribution is 0.0945. The van der Waals surface area contributed by atoms with Gasteiger partial charge in [0, 0.05) is 18.8 Å². The van der Waals surface area contributed by atoms with Crippen molar-refractivity contribution in [2.75, 3.05) is 20.3 Å². The zero-order valence-corrected chi connectivity index (χ0v) is 13.3. The Morgan fingerprint density at radius 3 is 2.68 bits per heavy atom. The van der Waals surface area contributed by atoms with E-state index >= 15 is 0 Å². The number of ether oxygens (including phenoxy) is 2. The Morgan fingerprint density at radius 2 is 2.05 bits per heavy atom. The van der Waals surface area contributed by atoms with Crippen LogP contribution in [-0.2, 0) is 7.05 Å². The molecule has 0 aliphatic rings. The van der Waals surface area contributed by atoms with Crippen molar-refractivity contribution in [2.45, 2.75) is 13.8 Å². The second-order valence-corrected chi connectivity index (χ2v) is 4.95. The van der Waals surface area contributed by atoms with Crippen molar-refractivity contribution in [3.63, 3.8) is 0 Å². The maximum atomic E-state index is 12.2. The average Bonchev–Trinajstić information content (AvgIpc) is 2.76. The predicted molar refractivity (Wildman–Crippen MR) is 83.5 cm³/mol. The molecular formula is C16H21N3O3. The van der Waals surface area contributed by atoms with Gasteiger partial charge in [0.05, 0.1) is 24.9 Å². The van der Waals surface area contributed by atoms with Crippen molar-refractivity contribution in [3.05, 3.63) is 41.2 Å². The normalized spacial score (nSPS) is 10.4. The zero-order chi connectivity index (χ0) is 16.1. The average molecular weight is 303 g/mol. The van der Waals surface area contributed by atoms with Gasteiger partial charge >= 0.3 is 0 Å². The molecule has 0 fully saturated rings. The van der Waals surface area contributed by atoms with Crippen LogP contribution in [0.2, 0.25) is 0 Å². The lowest BCUT2D eigenvalue weighted by Crippen LogP contribution is -2.29. The maximum Gasteiger partial charge on any atom is 0.255 e. The molecule has 1 amide bonds. The predicted octanol–water partition coefficient (Wildman–Crippen LogP) is 1.85. The second kappa shape index (κ2) is 6.98. The maximum absolute atomic E-state index is 12.2. The Hall–Kier alpha value is -2.50. The number of carbonyl (C=O) groups is 1. The van der Waals surface area contributed by atoms with Crippen LogP contribution in [0.25, 0.3) is 0 Å². The van der Waals surface area contributed by atoms with E-state index in [9.17, 15) is 4.79 Å². The van der Waals surface area contributed by atoms with Gasteiger partial charge in [-0.25, -0.2) is 0 Å². The highest BCUT2D eigenvalue weighted by Gasteiger charge is 2.16. The van der Waals surface area contributed by atoms with E-state index in [2.05, 4.69) is 10.4 Å². The molecule has 1 aromatic heterocycles. The third-order valence-corrected chi connectivity index (χ3v) is 3.43. The summed E-state index contributed by atoms with van der Waals surface area (Å²) < 4.78 is 12.4. The smallest absolute Gasteiger partial charge is 0.255 e. The van der Waals surface area contributed by atoms with Crippen LogP contribution in [0.1, 0.15) is 21.7 Å². The van der Waals surface area contributed by atoms with E-state index in [1.165, 1.54) is 0 Å². The van der Waals surface area contributed by atoms with Crippen molar-refractivity contribution in [1.29, 1.82) is 0 Å². The van der Waals surface area contributed by atoms with E-state index in [1.54, 1.807) is 17.9 Å². The molecule has 6 nitrogen and oxygen atoms in total. The molecule has 2 aromatic rings. The number of aromatic nitrogens is 2. The highest BCUT2D eigenvalue weighted by Crippen LogP contribution is 2.18. The van der Waals surface area contributed by atoms with Crippen molar-refractivity contribution in [1.82, 2.24) is 15.1 Å². The van der Waals surface area contributed by atoms with Crippen LogP contribution in [0.5, 0.6) is 11.5 Å². The molecule has 0 aliphatic carbocycles. The number of rotatable bonds is 6. The Balaban J connectivity index is 1.84. The fraction of sp³-hybridized carbons (Fsp3) is 0.375. The van der Waals surface area contributed by atoms with Gasteiger partial charge < -0.3 is 14.8 Å².